The third-order valence-electron chi connectivity index (χ3n) is 16.5. The summed E-state index contributed by atoms with van der Waals surface area (Å²) in [7, 11) is 0. The zero-order valence-electron chi connectivity index (χ0n) is 55.7. The van der Waals surface area contributed by atoms with Crippen LogP contribution in [0.1, 0.15) is 291 Å². The first-order chi connectivity index (χ1) is 41.9. The number of nitrogens with two attached hydrogens (primary N) is 1. The minimum Gasteiger partial charge on any atom is -0.466 e. The van der Waals surface area contributed by atoms with Crippen molar-refractivity contribution in [3.63, 3.8) is 0 Å². The van der Waals surface area contributed by atoms with Crippen molar-refractivity contribution in [2.45, 2.75) is 304 Å². The summed E-state index contributed by atoms with van der Waals surface area (Å²) in [6.07, 6.45) is 41.0. The van der Waals surface area contributed by atoms with Crippen molar-refractivity contribution in [2.75, 3.05) is 71.4 Å². The Morgan fingerprint density at radius 1 is 0.465 bits per heavy atom. The quantitative estimate of drug-likeness (QED) is 0.0321. The third-order valence-corrected chi connectivity index (χ3v) is 16.5. The number of esters is 4. The number of anilines is 1. The molecule has 0 amide bonds. The van der Waals surface area contributed by atoms with E-state index >= 15 is 0 Å². The summed E-state index contributed by atoms with van der Waals surface area (Å²) in [5, 5.41) is 0.917. The molecule has 0 fully saturated rings. The maximum Gasteiger partial charge on any atom is 0.307 e. The van der Waals surface area contributed by atoms with Crippen molar-refractivity contribution in [3.8, 4) is 0 Å². The number of rotatable bonds is 58. The summed E-state index contributed by atoms with van der Waals surface area (Å²) in [6.45, 7) is 18.8. The highest BCUT2D eigenvalue weighted by Crippen LogP contribution is 2.31. The van der Waals surface area contributed by atoms with E-state index in [-0.39, 0.29) is 49.7 Å². The smallest absolute Gasteiger partial charge is 0.307 e. The molecular formula is C71H124N6O9. The van der Waals surface area contributed by atoms with Crippen LogP contribution in [0.4, 0.5) is 5.82 Å². The molecule has 2 aromatic heterocycles. The Balaban J connectivity index is 1.57. The molecule has 2 heterocycles. The second-order valence-electron chi connectivity index (χ2n) is 25.0. The van der Waals surface area contributed by atoms with Crippen LogP contribution in [-0.2, 0) is 56.0 Å². The number of benzene rings is 1. The average Bonchev–Trinajstić information content (AvgIpc) is 2.82. The maximum absolute atomic E-state index is 13.5. The van der Waals surface area contributed by atoms with Crippen LogP contribution in [0.3, 0.4) is 0 Å². The van der Waals surface area contributed by atoms with Gasteiger partial charge in [-0.3, -0.25) is 19.2 Å². The molecule has 86 heavy (non-hydrogen) atoms. The molecule has 0 bridgehead atoms. The lowest BCUT2D eigenvalue weighted by molar-refractivity contribution is -0.158. The van der Waals surface area contributed by atoms with Crippen molar-refractivity contribution in [3.05, 3.63) is 30.1 Å². The van der Waals surface area contributed by atoms with Crippen molar-refractivity contribution in [1.29, 1.82) is 0 Å². The number of carbonyl (C=O) groups is 4. The number of imidazole rings is 1. The Morgan fingerprint density at radius 2 is 0.860 bits per heavy atom. The first-order valence-corrected chi connectivity index (χ1v) is 35.2. The van der Waals surface area contributed by atoms with Gasteiger partial charge in [-0.2, -0.15) is 0 Å². The number of pyridine rings is 1. The second-order valence-corrected chi connectivity index (χ2v) is 25.0. The van der Waals surface area contributed by atoms with Gasteiger partial charge in [0.05, 0.1) is 56.7 Å². The molecule has 492 valence electrons. The van der Waals surface area contributed by atoms with Crippen LogP contribution < -0.4 is 5.73 Å². The minimum absolute atomic E-state index is 0.174. The lowest BCUT2D eigenvalue weighted by atomic mass is 10.1. The van der Waals surface area contributed by atoms with E-state index in [1.54, 1.807) is 0 Å². The fourth-order valence-electron chi connectivity index (χ4n) is 11.4. The predicted molar refractivity (Wildman–Crippen MR) is 353 cm³/mol. The highest BCUT2D eigenvalue weighted by molar-refractivity contribution is 6.06. The molecule has 0 radical (unpaired) electrons. The fourth-order valence-corrected chi connectivity index (χ4v) is 11.4. The molecule has 15 heteroatoms. The van der Waals surface area contributed by atoms with Gasteiger partial charge in [0, 0.05) is 38.0 Å². The average molecular weight is 1210 g/mol. The van der Waals surface area contributed by atoms with Crippen molar-refractivity contribution in [1.82, 2.24) is 24.3 Å². The number of aromatic nitrogens is 3. The zero-order valence-corrected chi connectivity index (χ0v) is 55.7. The van der Waals surface area contributed by atoms with Crippen LogP contribution in [0.2, 0.25) is 0 Å². The van der Waals surface area contributed by atoms with Crippen LogP contribution in [-0.4, -0.2) is 120 Å². The standard InChI is InChI=1S/C71H124N6O9/c1-7-11-14-17-20-23-26-29-32-40-56-83-64(78)47-53-75(50-39-35-36-46-67(81)86-71(5,6)60-77-63(59-82-10-4)74-68-69(77)61-44-37-38-45-62(61)73-70(68)72)51-43-52-76(54-48-65(79)84-57-41-33-30-27-24-21-18-15-12-8-2)55-49-66(80)85-58-42-34-31-28-25-22-19-16-13-9-3/h37-38,44-45H,7-36,39-43,46-60H2,1-6H3,(H2,72,73). The van der Waals surface area contributed by atoms with Crippen LogP contribution in [0, 0.1) is 0 Å². The molecule has 15 nitrogen and oxygen atoms in total. The Kier molecular flexibility index (Phi) is 43.7. The predicted octanol–water partition coefficient (Wildman–Crippen LogP) is 17.1. The van der Waals surface area contributed by atoms with Gasteiger partial charge in [-0.1, -0.05) is 219 Å². The van der Waals surface area contributed by atoms with Crippen molar-refractivity contribution >= 4 is 51.6 Å². The molecule has 0 saturated carbocycles. The molecule has 3 rings (SSSR count). The van der Waals surface area contributed by atoms with E-state index in [0.717, 1.165) is 87.3 Å². The zero-order chi connectivity index (χ0) is 62.1. The van der Waals surface area contributed by atoms with Gasteiger partial charge in [0.1, 0.15) is 23.5 Å². The first-order valence-electron chi connectivity index (χ1n) is 35.2. The number of nitrogen functional groups attached to an aromatic ring is 1. The molecule has 0 spiro atoms. The van der Waals surface area contributed by atoms with Crippen LogP contribution in [0.5, 0.6) is 0 Å². The molecule has 0 aliphatic rings. The highest BCUT2D eigenvalue weighted by atomic mass is 16.6. The number of fused-ring (bicyclic) bond motifs is 3. The molecule has 0 saturated heterocycles. The SMILES string of the molecule is CCCCCCCCCCCCOC(=O)CCN(CCCCCC(=O)OC(C)(C)Cn1c(COCC)nc2c(N)nc3ccccc3c21)CCCN(CCC(=O)OCCCCCCCCCCCC)CCC(=O)OCCCCCCCCCCCC. The molecule has 0 aliphatic heterocycles. The van der Waals surface area contributed by atoms with E-state index < -0.39 is 5.60 Å². The number of unbranched alkanes of at least 4 members (excludes halogenated alkanes) is 29. The Hall–Kier alpha value is -4.34. The topological polar surface area (TPSA) is 178 Å². The van der Waals surface area contributed by atoms with E-state index in [4.69, 9.17) is 34.4 Å². The van der Waals surface area contributed by atoms with Crippen molar-refractivity contribution in [2.24, 2.45) is 0 Å². The Morgan fingerprint density at radius 3 is 1.30 bits per heavy atom. The van der Waals surface area contributed by atoms with Gasteiger partial charge >= 0.3 is 23.9 Å². The Bertz CT molecular complexity index is 2180. The summed E-state index contributed by atoms with van der Waals surface area (Å²) < 4.78 is 31.2. The van der Waals surface area contributed by atoms with Crippen LogP contribution in [0.25, 0.3) is 21.9 Å². The normalized spacial score (nSPS) is 11.9. The summed E-state index contributed by atoms with van der Waals surface area (Å²) in [5.74, 6) is 0.208. The number of carbonyl (C=O) groups excluding carboxylic acids is 4. The largest absolute Gasteiger partial charge is 0.466 e. The first kappa shape index (κ1) is 75.9. The van der Waals surface area contributed by atoms with Crippen LogP contribution >= 0.6 is 0 Å². The molecule has 3 aromatic rings. The van der Waals surface area contributed by atoms with E-state index in [2.05, 4.69) is 40.1 Å². The van der Waals surface area contributed by atoms with Crippen LogP contribution in [0.15, 0.2) is 24.3 Å². The van der Waals surface area contributed by atoms with E-state index in [1.807, 2.05) is 45.0 Å². The van der Waals surface area contributed by atoms with Gasteiger partial charge in [-0.05, 0) is 85.0 Å². The fraction of sp³-hybridized carbons (Fsp3) is 0.803. The molecule has 0 aliphatic carbocycles. The highest BCUT2D eigenvalue weighted by Gasteiger charge is 2.28. The van der Waals surface area contributed by atoms with Gasteiger partial charge in [0.25, 0.3) is 0 Å². The molecule has 2 N–H and O–H groups in total. The van der Waals surface area contributed by atoms with Gasteiger partial charge in [0.2, 0.25) is 0 Å². The lowest BCUT2D eigenvalue weighted by Gasteiger charge is -2.27. The molecule has 0 atom stereocenters. The maximum atomic E-state index is 13.5. The molecular weight excluding hydrogens is 1080 g/mol. The molecule has 0 unspecified atom stereocenters. The van der Waals surface area contributed by atoms with E-state index in [9.17, 15) is 19.2 Å². The third kappa shape index (κ3) is 36.2. The summed E-state index contributed by atoms with van der Waals surface area (Å²) in [5.41, 5.74) is 7.79. The van der Waals surface area contributed by atoms with Gasteiger partial charge < -0.3 is 43.8 Å². The van der Waals surface area contributed by atoms with E-state index in [0.29, 0.717) is 89.2 Å². The number of hydrogen-bond acceptors (Lipinski definition) is 14. The minimum atomic E-state index is -0.864. The lowest BCUT2D eigenvalue weighted by Crippen LogP contribution is -2.34. The van der Waals surface area contributed by atoms with Crippen molar-refractivity contribution < 1.29 is 42.9 Å². The number of para-hydroxylation sites is 1. The molecule has 1 aromatic carbocycles. The second kappa shape index (κ2) is 49.5. The Labute approximate surface area is 522 Å². The van der Waals surface area contributed by atoms with E-state index in [1.165, 1.54) is 154 Å². The monoisotopic (exact) mass is 1200 g/mol. The van der Waals surface area contributed by atoms with Gasteiger partial charge in [-0.25, -0.2) is 9.97 Å². The van der Waals surface area contributed by atoms with Gasteiger partial charge in [0.15, 0.2) is 5.82 Å². The van der Waals surface area contributed by atoms with Gasteiger partial charge in [-0.15, -0.1) is 0 Å². The summed E-state index contributed by atoms with van der Waals surface area (Å²) in [6, 6.07) is 7.85. The number of hydrogen-bond donors (Lipinski definition) is 1. The summed E-state index contributed by atoms with van der Waals surface area (Å²) >= 11 is 0. The summed E-state index contributed by atoms with van der Waals surface area (Å²) in [4.78, 5) is 66.7. The number of nitrogens with zero attached hydrogens (tertiary/aromatic N) is 5. The number of ether oxygens (including phenoxy) is 5.